The molecular formula is C8H14O6. The van der Waals surface area contributed by atoms with Gasteiger partial charge in [0.2, 0.25) is 0 Å². The number of aliphatic carboxylic acids is 1. The van der Waals surface area contributed by atoms with Gasteiger partial charge in [-0.3, -0.25) is 4.79 Å². The molecule has 0 amide bonds. The number of carbonyl (C=O) groups is 1. The summed E-state index contributed by atoms with van der Waals surface area (Å²) in [6, 6.07) is 0. The molecule has 1 saturated heterocycles. The van der Waals surface area contributed by atoms with Crippen LogP contribution >= 0.6 is 0 Å². The number of rotatable bonds is 3. The number of ether oxygens (including phenoxy) is 1. The molecule has 0 saturated carbocycles. The van der Waals surface area contributed by atoms with Gasteiger partial charge in [0.1, 0.15) is 18.3 Å². The van der Waals surface area contributed by atoms with Crippen LogP contribution in [0.1, 0.15) is 12.8 Å². The van der Waals surface area contributed by atoms with Crippen LogP contribution in [0.3, 0.4) is 0 Å². The van der Waals surface area contributed by atoms with Gasteiger partial charge in [-0.05, 0) is 6.42 Å². The lowest BCUT2D eigenvalue weighted by Gasteiger charge is -2.35. The first kappa shape index (κ1) is 11.4. The molecule has 82 valence electrons. The largest absolute Gasteiger partial charge is 0.481 e. The first-order valence-corrected chi connectivity index (χ1v) is 4.40. The van der Waals surface area contributed by atoms with Crippen LogP contribution < -0.4 is 0 Å². The van der Waals surface area contributed by atoms with E-state index in [0.717, 1.165) is 0 Å². The maximum atomic E-state index is 10.2. The molecule has 0 spiro atoms. The molecule has 6 nitrogen and oxygen atoms in total. The van der Waals surface area contributed by atoms with Gasteiger partial charge in [-0.15, -0.1) is 0 Å². The predicted molar refractivity (Wildman–Crippen MR) is 44.6 cm³/mol. The Morgan fingerprint density at radius 3 is 2.50 bits per heavy atom. The molecule has 4 N–H and O–H groups in total. The molecule has 0 unspecified atom stereocenters. The van der Waals surface area contributed by atoms with E-state index < -0.39 is 30.4 Å². The Kier molecular flexibility index (Phi) is 3.82. The van der Waals surface area contributed by atoms with Crippen LogP contribution in [0.15, 0.2) is 0 Å². The third-order valence-corrected chi connectivity index (χ3v) is 2.25. The van der Waals surface area contributed by atoms with Crippen LogP contribution in [0.5, 0.6) is 0 Å². The van der Waals surface area contributed by atoms with Crippen LogP contribution in [-0.2, 0) is 9.53 Å². The van der Waals surface area contributed by atoms with Gasteiger partial charge in [-0.2, -0.15) is 0 Å². The van der Waals surface area contributed by atoms with Gasteiger partial charge in [0.05, 0.1) is 12.7 Å². The zero-order valence-electron chi connectivity index (χ0n) is 7.54. The molecule has 1 rings (SSSR count). The summed E-state index contributed by atoms with van der Waals surface area (Å²) in [4.78, 5) is 10.2. The van der Waals surface area contributed by atoms with Gasteiger partial charge in [-0.1, -0.05) is 0 Å². The van der Waals surface area contributed by atoms with Crippen molar-refractivity contribution in [3.05, 3.63) is 0 Å². The molecule has 1 fully saturated rings. The molecule has 0 radical (unpaired) electrons. The van der Waals surface area contributed by atoms with Crippen molar-refractivity contribution in [1.29, 1.82) is 0 Å². The van der Waals surface area contributed by atoms with Gasteiger partial charge in [0.25, 0.3) is 0 Å². The van der Waals surface area contributed by atoms with Crippen LogP contribution in [0.4, 0.5) is 0 Å². The van der Waals surface area contributed by atoms with E-state index in [1.165, 1.54) is 0 Å². The second kappa shape index (κ2) is 4.70. The van der Waals surface area contributed by atoms with E-state index in [9.17, 15) is 15.0 Å². The third-order valence-electron chi connectivity index (χ3n) is 2.25. The summed E-state index contributed by atoms with van der Waals surface area (Å²) in [5.74, 6) is -0.985. The third kappa shape index (κ3) is 2.65. The van der Waals surface area contributed by atoms with E-state index in [2.05, 4.69) is 0 Å². The molecule has 1 aliphatic rings. The Bertz CT molecular complexity index is 206. The fourth-order valence-electron chi connectivity index (χ4n) is 1.39. The van der Waals surface area contributed by atoms with Crippen molar-refractivity contribution in [3.8, 4) is 0 Å². The standard InChI is InChI=1S/C8H14O6/c9-4-3-14-5(1-2-6(10)11)8(13)7(4)12/h4-5,7-9,12-13H,1-3H2,(H,10,11)/t4-,5-,7-,8-/m1/s1. The van der Waals surface area contributed by atoms with E-state index in [1.807, 2.05) is 0 Å². The minimum Gasteiger partial charge on any atom is -0.481 e. The molecule has 6 heteroatoms. The Balaban J connectivity index is 2.42. The number of hydrogen-bond acceptors (Lipinski definition) is 5. The summed E-state index contributed by atoms with van der Waals surface area (Å²) in [5.41, 5.74) is 0. The molecule has 14 heavy (non-hydrogen) atoms. The van der Waals surface area contributed by atoms with Gasteiger partial charge >= 0.3 is 5.97 Å². The zero-order chi connectivity index (χ0) is 10.7. The number of aliphatic hydroxyl groups excluding tert-OH is 3. The van der Waals surface area contributed by atoms with Crippen molar-refractivity contribution in [3.63, 3.8) is 0 Å². The molecule has 0 aliphatic carbocycles. The molecule has 1 heterocycles. The van der Waals surface area contributed by atoms with Crippen molar-refractivity contribution in [2.75, 3.05) is 6.61 Å². The van der Waals surface area contributed by atoms with Crippen LogP contribution in [0.25, 0.3) is 0 Å². The number of carboxylic acid groups (broad SMARTS) is 1. The maximum Gasteiger partial charge on any atom is 0.303 e. The van der Waals surface area contributed by atoms with Crippen molar-refractivity contribution >= 4 is 5.97 Å². The number of hydrogen-bond donors (Lipinski definition) is 4. The van der Waals surface area contributed by atoms with Crippen LogP contribution in [0.2, 0.25) is 0 Å². The van der Waals surface area contributed by atoms with Crippen LogP contribution in [0, 0.1) is 0 Å². The zero-order valence-corrected chi connectivity index (χ0v) is 7.54. The van der Waals surface area contributed by atoms with E-state index in [-0.39, 0.29) is 19.4 Å². The first-order valence-electron chi connectivity index (χ1n) is 4.40. The molecule has 1 aliphatic heterocycles. The van der Waals surface area contributed by atoms with Gasteiger partial charge < -0.3 is 25.2 Å². The number of aliphatic hydroxyl groups is 3. The summed E-state index contributed by atoms with van der Waals surface area (Å²) in [7, 11) is 0. The monoisotopic (exact) mass is 206 g/mol. The highest BCUT2D eigenvalue weighted by Crippen LogP contribution is 2.19. The average Bonchev–Trinajstić information content (AvgIpc) is 2.13. The van der Waals surface area contributed by atoms with Crippen molar-refractivity contribution in [1.82, 2.24) is 0 Å². The van der Waals surface area contributed by atoms with Crippen LogP contribution in [-0.4, -0.2) is 57.4 Å². The Morgan fingerprint density at radius 2 is 1.93 bits per heavy atom. The molecule has 4 atom stereocenters. The Labute approximate surface area is 80.7 Å². The quantitative estimate of drug-likeness (QED) is 0.440. The Hall–Kier alpha value is -0.690. The van der Waals surface area contributed by atoms with Gasteiger partial charge in [-0.25, -0.2) is 0 Å². The van der Waals surface area contributed by atoms with E-state index in [1.54, 1.807) is 0 Å². The normalized spacial score (nSPS) is 38.2. The Morgan fingerprint density at radius 1 is 1.29 bits per heavy atom. The highest BCUT2D eigenvalue weighted by molar-refractivity contribution is 5.66. The minimum atomic E-state index is -1.26. The van der Waals surface area contributed by atoms with E-state index in [4.69, 9.17) is 14.9 Å². The second-order valence-corrected chi connectivity index (χ2v) is 3.35. The van der Waals surface area contributed by atoms with E-state index in [0.29, 0.717) is 0 Å². The lowest BCUT2D eigenvalue weighted by Crippen LogP contribution is -2.52. The molecule has 0 aromatic carbocycles. The molecule has 0 bridgehead atoms. The van der Waals surface area contributed by atoms with Crippen molar-refractivity contribution in [2.24, 2.45) is 0 Å². The summed E-state index contributed by atoms with van der Waals surface area (Å²) in [6.45, 7) is -0.0808. The summed E-state index contributed by atoms with van der Waals surface area (Å²) < 4.78 is 5.00. The SMILES string of the molecule is O=C(O)CC[C@H]1OC[C@@H](O)[C@@H](O)[C@@H]1O. The lowest BCUT2D eigenvalue weighted by atomic mass is 9.97. The summed E-state index contributed by atoms with van der Waals surface area (Å²) >= 11 is 0. The van der Waals surface area contributed by atoms with Gasteiger partial charge in [0.15, 0.2) is 0 Å². The molecule has 0 aromatic rings. The average molecular weight is 206 g/mol. The topological polar surface area (TPSA) is 107 Å². The lowest BCUT2D eigenvalue weighted by molar-refractivity contribution is -0.189. The smallest absolute Gasteiger partial charge is 0.303 e. The first-order chi connectivity index (χ1) is 6.52. The van der Waals surface area contributed by atoms with E-state index >= 15 is 0 Å². The number of carboxylic acids is 1. The summed E-state index contributed by atoms with van der Waals surface area (Å²) in [6.07, 6.45) is -4.32. The fourth-order valence-corrected chi connectivity index (χ4v) is 1.39. The van der Waals surface area contributed by atoms with Gasteiger partial charge in [0, 0.05) is 6.42 Å². The van der Waals surface area contributed by atoms with Crippen molar-refractivity contribution < 1.29 is 30.0 Å². The van der Waals surface area contributed by atoms with Crippen molar-refractivity contribution in [2.45, 2.75) is 37.3 Å². The highest BCUT2D eigenvalue weighted by atomic mass is 16.5. The fraction of sp³-hybridized carbons (Fsp3) is 0.875. The maximum absolute atomic E-state index is 10.2. The highest BCUT2D eigenvalue weighted by Gasteiger charge is 2.37. The summed E-state index contributed by atoms with van der Waals surface area (Å²) in [5, 5.41) is 36.1. The minimum absolute atomic E-state index is 0.0808. The second-order valence-electron chi connectivity index (χ2n) is 3.35. The molecule has 0 aromatic heterocycles. The predicted octanol–water partition coefficient (Wildman–Crippen LogP) is -1.67. The molecular weight excluding hydrogens is 192 g/mol.